The summed E-state index contributed by atoms with van der Waals surface area (Å²) >= 11 is 0. The lowest BCUT2D eigenvalue weighted by Crippen LogP contribution is -2.36. The Morgan fingerprint density at radius 1 is 1.03 bits per heavy atom. The van der Waals surface area contributed by atoms with Crippen LogP contribution in [-0.4, -0.2) is 40.9 Å². The van der Waals surface area contributed by atoms with E-state index in [1.54, 1.807) is 7.05 Å². The van der Waals surface area contributed by atoms with Crippen LogP contribution in [0.2, 0.25) is 0 Å². The summed E-state index contributed by atoms with van der Waals surface area (Å²) in [6.07, 6.45) is 4.47. The van der Waals surface area contributed by atoms with Crippen molar-refractivity contribution in [2.75, 3.05) is 25.0 Å². The molecule has 1 saturated heterocycles. The van der Waals surface area contributed by atoms with E-state index in [-0.39, 0.29) is 24.0 Å². The third-order valence-corrected chi connectivity index (χ3v) is 5.60. The molecule has 0 radical (unpaired) electrons. The predicted octanol–water partition coefficient (Wildman–Crippen LogP) is 3.97. The van der Waals surface area contributed by atoms with Crippen molar-refractivity contribution in [3.63, 3.8) is 0 Å². The van der Waals surface area contributed by atoms with E-state index in [0.717, 1.165) is 53.1 Å². The maximum Gasteiger partial charge on any atom is 0.191 e. The molecular weight excluding hydrogens is 513 g/mol. The fraction of sp³-hybridized carbons (Fsp3) is 0.375. The number of aliphatic imine (C=N–C) groups is 1. The van der Waals surface area contributed by atoms with Crippen molar-refractivity contribution in [2.24, 2.45) is 4.99 Å². The number of nitrogens with zero attached hydrogens (tertiary/aromatic N) is 5. The van der Waals surface area contributed by atoms with Gasteiger partial charge in [0.1, 0.15) is 5.82 Å². The summed E-state index contributed by atoms with van der Waals surface area (Å²) in [4.78, 5) is 11.3. The van der Waals surface area contributed by atoms with E-state index < -0.39 is 0 Å². The van der Waals surface area contributed by atoms with Gasteiger partial charge in [0.2, 0.25) is 0 Å². The van der Waals surface area contributed by atoms with Crippen LogP contribution in [-0.2, 0) is 13.1 Å². The minimum atomic E-state index is 0. The van der Waals surface area contributed by atoms with E-state index >= 15 is 0 Å². The van der Waals surface area contributed by atoms with Crippen molar-refractivity contribution >= 4 is 35.8 Å². The Kier molecular flexibility index (Phi) is 8.49. The molecule has 8 heteroatoms. The number of rotatable bonds is 6. The Balaban J connectivity index is 0.00000289. The van der Waals surface area contributed by atoms with Crippen molar-refractivity contribution in [1.82, 2.24) is 25.4 Å². The zero-order valence-electron chi connectivity index (χ0n) is 19.0. The van der Waals surface area contributed by atoms with Gasteiger partial charge in [0.15, 0.2) is 5.96 Å². The van der Waals surface area contributed by atoms with Crippen molar-refractivity contribution in [1.29, 1.82) is 0 Å². The highest BCUT2D eigenvalue weighted by molar-refractivity contribution is 14.0. The number of pyridine rings is 1. The number of nitrogens with one attached hydrogen (secondary N) is 2. The second-order valence-electron chi connectivity index (χ2n) is 7.97. The van der Waals surface area contributed by atoms with Crippen LogP contribution in [0.1, 0.15) is 35.4 Å². The van der Waals surface area contributed by atoms with Gasteiger partial charge in [-0.25, -0.2) is 9.67 Å². The lowest BCUT2D eigenvalue weighted by atomic mass is 10.1. The first kappa shape index (κ1) is 24.0. The maximum absolute atomic E-state index is 4.63. The van der Waals surface area contributed by atoms with E-state index in [4.69, 9.17) is 0 Å². The molecule has 7 nitrogen and oxygen atoms in total. The predicted molar refractivity (Wildman–Crippen MR) is 141 cm³/mol. The van der Waals surface area contributed by atoms with Gasteiger partial charge in [-0.2, -0.15) is 5.10 Å². The second kappa shape index (κ2) is 11.3. The van der Waals surface area contributed by atoms with Crippen LogP contribution in [0.3, 0.4) is 0 Å². The summed E-state index contributed by atoms with van der Waals surface area (Å²) in [5.41, 5.74) is 5.51. The highest BCUT2D eigenvalue weighted by Gasteiger charge is 2.13. The molecule has 1 aliphatic rings. The molecule has 3 heterocycles. The largest absolute Gasteiger partial charge is 0.357 e. The molecule has 0 saturated carbocycles. The molecule has 170 valence electrons. The first-order valence-corrected chi connectivity index (χ1v) is 10.9. The summed E-state index contributed by atoms with van der Waals surface area (Å²) in [5.74, 6) is 1.83. The van der Waals surface area contributed by atoms with Crippen molar-refractivity contribution in [3.8, 4) is 5.69 Å². The smallest absolute Gasteiger partial charge is 0.191 e. The summed E-state index contributed by atoms with van der Waals surface area (Å²) in [7, 11) is 1.79. The molecule has 0 aliphatic carbocycles. The van der Waals surface area contributed by atoms with Gasteiger partial charge >= 0.3 is 0 Å². The lowest BCUT2D eigenvalue weighted by molar-refractivity contribution is 0.780. The Hall–Kier alpha value is -2.62. The third kappa shape index (κ3) is 5.79. The molecule has 0 amide bonds. The van der Waals surface area contributed by atoms with Crippen LogP contribution in [0.4, 0.5) is 5.82 Å². The standard InChI is InChI=1S/C24H31N7.HI/c1-18-14-19(2)31(29-18)22-9-5-4-8-21(22)17-28-24(25-3)27-16-20-10-11-23(26-15-20)30-12-6-7-13-30;/h4-5,8-11,14-15H,6-7,12-13,16-17H2,1-3H3,(H2,25,27,28);1H. The van der Waals surface area contributed by atoms with Crippen LogP contribution in [0.15, 0.2) is 53.7 Å². The van der Waals surface area contributed by atoms with Gasteiger partial charge in [-0.05, 0) is 56.0 Å². The van der Waals surface area contributed by atoms with E-state index in [1.165, 1.54) is 12.8 Å². The number of aryl methyl sites for hydroxylation is 2. The molecule has 0 atom stereocenters. The van der Waals surface area contributed by atoms with Gasteiger partial charge in [0.25, 0.3) is 0 Å². The third-order valence-electron chi connectivity index (χ3n) is 5.60. The van der Waals surface area contributed by atoms with Crippen LogP contribution in [0, 0.1) is 13.8 Å². The van der Waals surface area contributed by atoms with Gasteiger partial charge < -0.3 is 15.5 Å². The second-order valence-corrected chi connectivity index (χ2v) is 7.97. The van der Waals surface area contributed by atoms with Gasteiger partial charge in [-0.3, -0.25) is 4.99 Å². The Bertz CT molecular complexity index is 1040. The number of halogens is 1. The molecule has 0 unspecified atom stereocenters. The molecule has 1 fully saturated rings. The van der Waals surface area contributed by atoms with E-state index in [0.29, 0.717) is 13.1 Å². The minimum absolute atomic E-state index is 0. The Morgan fingerprint density at radius 3 is 2.44 bits per heavy atom. The zero-order chi connectivity index (χ0) is 21.6. The highest BCUT2D eigenvalue weighted by Crippen LogP contribution is 2.18. The molecule has 1 aliphatic heterocycles. The van der Waals surface area contributed by atoms with E-state index in [9.17, 15) is 0 Å². The van der Waals surface area contributed by atoms with Gasteiger partial charge in [-0.1, -0.05) is 24.3 Å². The average molecular weight is 545 g/mol. The molecular formula is C24H32IN7. The van der Waals surface area contributed by atoms with Crippen molar-refractivity contribution < 1.29 is 0 Å². The van der Waals surface area contributed by atoms with E-state index in [2.05, 4.69) is 73.9 Å². The SMILES string of the molecule is CN=C(NCc1ccc(N2CCCC2)nc1)NCc1ccccc1-n1nc(C)cc1C.I. The highest BCUT2D eigenvalue weighted by atomic mass is 127. The lowest BCUT2D eigenvalue weighted by Gasteiger charge is -2.17. The Morgan fingerprint density at radius 2 is 1.78 bits per heavy atom. The molecule has 0 bridgehead atoms. The van der Waals surface area contributed by atoms with Crippen molar-refractivity contribution in [3.05, 3.63) is 71.2 Å². The number of anilines is 1. The fourth-order valence-electron chi connectivity index (χ4n) is 3.98. The zero-order valence-corrected chi connectivity index (χ0v) is 21.3. The number of aromatic nitrogens is 3. The molecule has 2 aromatic heterocycles. The summed E-state index contributed by atoms with van der Waals surface area (Å²) in [6.45, 7) is 7.64. The Labute approximate surface area is 207 Å². The monoisotopic (exact) mass is 545 g/mol. The van der Waals surface area contributed by atoms with Crippen LogP contribution in [0.5, 0.6) is 0 Å². The molecule has 4 rings (SSSR count). The number of hydrogen-bond acceptors (Lipinski definition) is 4. The average Bonchev–Trinajstić information content (AvgIpc) is 3.44. The van der Waals surface area contributed by atoms with Crippen LogP contribution >= 0.6 is 24.0 Å². The number of guanidine groups is 1. The van der Waals surface area contributed by atoms with Crippen LogP contribution < -0.4 is 15.5 Å². The first-order chi connectivity index (χ1) is 15.1. The van der Waals surface area contributed by atoms with Crippen molar-refractivity contribution in [2.45, 2.75) is 39.8 Å². The van der Waals surface area contributed by atoms with E-state index in [1.807, 2.05) is 23.9 Å². The van der Waals surface area contributed by atoms with Crippen LogP contribution in [0.25, 0.3) is 5.69 Å². The number of hydrogen-bond donors (Lipinski definition) is 2. The minimum Gasteiger partial charge on any atom is -0.357 e. The van der Waals surface area contributed by atoms with Gasteiger partial charge in [-0.15, -0.1) is 24.0 Å². The molecule has 1 aromatic carbocycles. The van der Waals surface area contributed by atoms with Gasteiger partial charge in [0.05, 0.1) is 11.4 Å². The fourth-order valence-corrected chi connectivity index (χ4v) is 3.98. The summed E-state index contributed by atoms with van der Waals surface area (Å²) in [6, 6.07) is 14.7. The normalized spacial score (nSPS) is 13.7. The van der Waals surface area contributed by atoms with Gasteiger partial charge in [0, 0.05) is 45.1 Å². The molecule has 3 aromatic rings. The molecule has 2 N–H and O–H groups in total. The quantitative estimate of drug-likeness (QED) is 0.279. The number of para-hydroxylation sites is 1. The topological polar surface area (TPSA) is 70.4 Å². The summed E-state index contributed by atoms with van der Waals surface area (Å²) < 4.78 is 2.00. The molecule has 32 heavy (non-hydrogen) atoms. The maximum atomic E-state index is 4.63. The molecule has 0 spiro atoms. The number of benzene rings is 1. The first-order valence-electron chi connectivity index (χ1n) is 10.9. The summed E-state index contributed by atoms with van der Waals surface area (Å²) in [5, 5.41) is 11.4.